The Labute approximate surface area is 119 Å². The van der Waals surface area contributed by atoms with Gasteiger partial charge in [0, 0.05) is 0 Å². The fourth-order valence-electron chi connectivity index (χ4n) is 1.57. The van der Waals surface area contributed by atoms with E-state index in [1.165, 1.54) is 24.3 Å². The zero-order chi connectivity index (χ0) is 14.0. The van der Waals surface area contributed by atoms with Gasteiger partial charge >= 0.3 is 0 Å². The maximum Gasteiger partial charge on any atom is 0.188 e. The van der Waals surface area contributed by atoms with E-state index in [2.05, 4.69) is 0 Å². The Morgan fingerprint density at radius 3 is 2.26 bits per heavy atom. The van der Waals surface area contributed by atoms with Crippen LogP contribution in [0.3, 0.4) is 0 Å². The summed E-state index contributed by atoms with van der Waals surface area (Å²) < 4.78 is 29.5. The lowest BCUT2D eigenvalue weighted by atomic mass is 10.4. The molecule has 0 fully saturated rings. The number of hydrogen-bond acceptors (Lipinski definition) is 4. The molecule has 0 saturated carbocycles. The molecule has 0 bridgehead atoms. The minimum absolute atomic E-state index is 0.0506. The maximum absolute atomic E-state index is 12.2. The molecule has 0 radical (unpaired) electrons. The van der Waals surface area contributed by atoms with Gasteiger partial charge in [0.05, 0.1) is 10.0 Å². The lowest BCUT2D eigenvalue weighted by molar-refractivity contribution is 0.109. The Bertz CT molecular complexity index is 699. The molecule has 1 aromatic heterocycles. The molecule has 4 nitrogen and oxygen atoms in total. The van der Waals surface area contributed by atoms with E-state index in [1.807, 2.05) is 0 Å². The summed E-state index contributed by atoms with van der Waals surface area (Å²) in [6.07, 6.45) is 0.499. The Morgan fingerprint density at radius 1 is 1.11 bits per heavy atom. The van der Waals surface area contributed by atoms with Gasteiger partial charge in [0.15, 0.2) is 21.9 Å². The Morgan fingerprint density at radius 2 is 1.74 bits per heavy atom. The summed E-state index contributed by atoms with van der Waals surface area (Å²) in [5.74, 6) is -0.196. The largest absolute Gasteiger partial charge is 0.457 e. The number of sulfone groups is 1. The van der Waals surface area contributed by atoms with E-state index in [0.29, 0.717) is 6.29 Å². The molecule has 2 rings (SSSR count). The molecule has 0 spiro atoms. The molecule has 1 heterocycles. The van der Waals surface area contributed by atoms with E-state index in [1.54, 1.807) is 6.07 Å². The van der Waals surface area contributed by atoms with Gasteiger partial charge in [-0.2, -0.15) is 0 Å². The minimum atomic E-state index is -3.74. The van der Waals surface area contributed by atoms with Crippen LogP contribution in [0.5, 0.6) is 0 Å². The van der Waals surface area contributed by atoms with Crippen LogP contribution in [0.25, 0.3) is 0 Å². The predicted octanol–water partition coefficient (Wildman–Crippen LogP) is 3.37. The number of aldehydes is 1. The summed E-state index contributed by atoms with van der Waals surface area (Å²) in [6.45, 7) is 0. The average Bonchev–Trinajstić information content (AvgIpc) is 2.75. The van der Waals surface area contributed by atoms with Crippen molar-refractivity contribution in [3.05, 3.63) is 51.9 Å². The maximum atomic E-state index is 12.2. The third-order valence-electron chi connectivity index (χ3n) is 2.36. The summed E-state index contributed by atoms with van der Waals surface area (Å²) in [5, 5.41) is 0.101. The van der Waals surface area contributed by atoms with E-state index >= 15 is 0 Å². The molecule has 0 N–H and O–H groups in total. The van der Waals surface area contributed by atoms with Crippen molar-refractivity contribution >= 4 is 39.3 Å². The predicted molar refractivity (Wildman–Crippen MR) is 71.4 cm³/mol. The number of halogens is 2. The Balaban J connectivity index is 2.40. The Hall–Kier alpha value is -1.30. The number of rotatable bonds is 4. The van der Waals surface area contributed by atoms with Crippen LogP contribution in [-0.2, 0) is 15.6 Å². The van der Waals surface area contributed by atoms with Gasteiger partial charge in [0.25, 0.3) is 0 Å². The highest BCUT2D eigenvalue weighted by atomic mass is 35.5. The molecule has 0 saturated heterocycles. The summed E-state index contributed by atoms with van der Waals surface area (Å²) in [4.78, 5) is 10.3. The molecule has 100 valence electrons. The third kappa shape index (κ3) is 3.00. The molecule has 0 aliphatic heterocycles. The highest BCUT2D eigenvalue weighted by molar-refractivity contribution is 7.90. The first kappa shape index (κ1) is 14.1. The van der Waals surface area contributed by atoms with Gasteiger partial charge in [0.1, 0.15) is 16.4 Å². The average molecular weight is 319 g/mol. The van der Waals surface area contributed by atoms with Crippen molar-refractivity contribution in [2.45, 2.75) is 10.6 Å². The van der Waals surface area contributed by atoms with Gasteiger partial charge in [-0.3, -0.25) is 4.79 Å². The number of carbonyl (C=O) groups excluding carboxylic acids is 1. The van der Waals surface area contributed by atoms with E-state index in [4.69, 9.17) is 27.6 Å². The SMILES string of the molecule is O=Cc1ccc(CS(=O)(=O)c2c(Cl)cccc2Cl)o1. The van der Waals surface area contributed by atoms with E-state index in [-0.39, 0.29) is 26.5 Å². The van der Waals surface area contributed by atoms with Crippen LogP contribution in [0.15, 0.2) is 39.6 Å². The van der Waals surface area contributed by atoms with Gasteiger partial charge in [-0.15, -0.1) is 0 Å². The fraction of sp³-hybridized carbons (Fsp3) is 0.0833. The van der Waals surface area contributed by atoms with Crippen LogP contribution < -0.4 is 0 Å². The van der Waals surface area contributed by atoms with Gasteiger partial charge in [-0.1, -0.05) is 29.3 Å². The molecule has 0 aliphatic carbocycles. The monoisotopic (exact) mass is 318 g/mol. The summed E-state index contributed by atoms with van der Waals surface area (Å²) >= 11 is 11.7. The van der Waals surface area contributed by atoms with Crippen LogP contribution >= 0.6 is 23.2 Å². The molecule has 0 aliphatic rings. The summed E-state index contributed by atoms with van der Waals surface area (Å²) in [7, 11) is -3.74. The quantitative estimate of drug-likeness (QED) is 0.811. The molecular formula is C12H8Cl2O4S. The van der Waals surface area contributed by atoms with Crippen molar-refractivity contribution < 1.29 is 17.6 Å². The lowest BCUT2D eigenvalue weighted by Crippen LogP contribution is -2.06. The molecule has 1 aromatic carbocycles. The van der Waals surface area contributed by atoms with Crippen LogP contribution in [0.2, 0.25) is 10.0 Å². The molecule has 19 heavy (non-hydrogen) atoms. The first-order valence-corrected chi connectivity index (χ1v) is 7.55. The fourth-order valence-corrected chi connectivity index (χ4v) is 4.08. The van der Waals surface area contributed by atoms with Crippen molar-refractivity contribution in [3.8, 4) is 0 Å². The van der Waals surface area contributed by atoms with Crippen LogP contribution in [0, 0.1) is 0 Å². The number of carbonyl (C=O) groups is 1. The third-order valence-corrected chi connectivity index (χ3v) is 4.94. The molecule has 0 unspecified atom stereocenters. The van der Waals surface area contributed by atoms with Crippen molar-refractivity contribution in [3.63, 3.8) is 0 Å². The molecular weight excluding hydrogens is 311 g/mol. The standard InChI is InChI=1S/C12H8Cl2O4S/c13-10-2-1-3-11(14)12(10)19(16,17)7-9-5-4-8(6-15)18-9/h1-6H,7H2. The highest BCUT2D eigenvalue weighted by Gasteiger charge is 2.23. The second kappa shape index (κ2) is 5.36. The number of furan rings is 1. The second-order valence-electron chi connectivity index (χ2n) is 3.73. The molecule has 7 heteroatoms. The van der Waals surface area contributed by atoms with Crippen molar-refractivity contribution in [2.75, 3.05) is 0 Å². The zero-order valence-electron chi connectivity index (χ0n) is 9.47. The minimum Gasteiger partial charge on any atom is -0.457 e. The molecule has 0 amide bonds. The van der Waals surface area contributed by atoms with Gasteiger partial charge in [-0.05, 0) is 24.3 Å². The normalized spacial score (nSPS) is 11.5. The number of benzene rings is 1. The number of hydrogen-bond donors (Lipinski definition) is 0. The van der Waals surface area contributed by atoms with Crippen molar-refractivity contribution in [1.82, 2.24) is 0 Å². The topological polar surface area (TPSA) is 64.3 Å². The second-order valence-corrected chi connectivity index (χ2v) is 6.47. The van der Waals surface area contributed by atoms with E-state index < -0.39 is 15.6 Å². The highest BCUT2D eigenvalue weighted by Crippen LogP contribution is 2.31. The van der Waals surface area contributed by atoms with Crippen molar-refractivity contribution in [2.24, 2.45) is 0 Å². The van der Waals surface area contributed by atoms with Crippen LogP contribution in [0.1, 0.15) is 16.3 Å². The van der Waals surface area contributed by atoms with Crippen LogP contribution in [-0.4, -0.2) is 14.7 Å². The van der Waals surface area contributed by atoms with Gasteiger partial charge in [0.2, 0.25) is 0 Å². The van der Waals surface area contributed by atoms with Gasteiger partial charge in [-0.25, -0.2) is 8.42 Å². The van der Waals surface area contributed by atoms with Crippen LogP contribution in [0.4, 0.5) is 0 Å². The first-order valence-electron chi connectivity index (χ1n) is 5.14. The molecule has 0 atom stereocenters. The smallest absolute Gasteiger partial charge is 0.188 e. The molecule has 2 aromatic rings. The lowest BCUT2D eigenvalue weighted by Gasteiger charge is -2.06. The van der Waals surface area contributed by atoms with Gasteiger partial charge < -0.3 is 4.42 Å². The first-order chi connectivity index (χ1) is 8.94. The Kier molecular flexibility index (Phi) is 3.99. The van der Waals surface area contributed by atoms with E-state index in [0.717, 1.165) is 0 Å². The van der Waals surface area contributed by atoms with Crippen molar-refractivity contribution in [1.29, 1.82) is 0 Å². The zero-order valence-corrected chi connectivity index (χ0v) is 11.8. The van der Waals surface area contributed by atoms with E-state index in [9.17, 15) is 13.2 Å². The summed E-state index contributed by atoms with van der Waals surface area (Å²) in [6, 6.07) is 7.26. The summed E-state index contributed by atoms with van der Waals surface area (Å²) in [5.41, 5.74) is 0.